The first-order chi connectivity index (χ1) is 9.66. The van der Waals surface area contributed by atoms with Crippen LogP contribution in [-0.4, -0.2) is 17.0 Å². The predicted molar refractivity (Wildman–Crippen MR) is 81.4 cm³/mol. The number of amides is 1. The first-order valence-corrected chi connectivity index (χ1v) is 7.40. The summed E-state index contributed by atoms with van der Waals surface area (Å²) < 4.78 is 0. The van der Waals surface area contributed by atoms with Gasteiger partial charge in [-0.1, -0.05) is 43.1 Å². The molecule has 1 amide bonds. The van der Waals surface area contributed by atoms with Crippen molar-refractivity contribution in [2.45, 2.75) is 26.8 Å². The summed E-state index contributed by atoms with van der Waals surface area (Å²) in [7, 11) is 0. The van der Waals surface area contributed by atoms with Gasteiger partial charge in [-0.25, -0.2) is 0 Å². The molecule has 3 atom stereocenters. The lowest BCUT2D eigenvalue weighted by atomic mass is 10.1. The van der Waals surface area contributed by atoms with Crippen molar-refractivity contribution in [3.05, 3.63) is 33.8 Å². The molecule has 1 aliphatic rings. The Labute approximate surface area is 133 Å². The number of hydrogen-bond acceptors (Lipinski definition) is 2. The lowest BCUT2D eigenvalue weighted by Gasteiger charge is -2.15. The van der Waals surface area contributed by atoms with Crippen LogP contribution in [0.1, 0.15) is 32.4 Å². The van der Waals surface area contributed by atoms with Crippen LogP contribution in [0, 0.1) is 17.3 Å². The van der Waals surface area contributed by atoms with Gasteiger partial charge in [0, 0.05) is 0 Å². The molecule has 21 heavy (non-hydrogen) atoms. The Bertz CT molecular complexity index is 601. The molecule has 0 bridgehead atoms. The van der Waals surface area contributed by atoms with Gasteiger partial charge in [0.1, 0.15) is 0 Å². The van der Waals surface area contributed by atoms with E-state index in [0.717, 1.165) is 5.56 Å². The van der Waals surface area contributed by atoms with Crippen molar-refractivity contribution in [3.63, 3.8) is 0 Å². The van der Waals surface area contributed by atoms with E-state index in [1.54, 1.807) is 32.0 Å². The maximum Gasteiger partial charge on any atom is 0.307 e. The highest BCUT2D eigenvalue weighted by Gasteiger charge is 2.65. The fourth-order valence-corrected chi connectivity index (χ4v) is 3.06. The van der Waals surface area contributed by atoms with Gasteiger partial charge < -0.3 is 10.4 Å². The van der Waals surface area contributed by atoms with E-state index in [4.69, 9.17) is 28.3 Å². The summed E-state index contributed by atoms with van der Waals surface area (Å²) in [6.07, 6.45) is 0. The van der Waals surface area contributed by atoms with Crippen molar-refractivity contribution in [2.24, 2.45) is 17.3 Å². The topological polar surface area (TPSA) is 66.4 Å². The first-order valence-electron chi connectivity index (χ1n) is 6.64. The van der Waals surface area contributed by atoms with Crippen molar-refractivity contribution in [1.82, 2.24) is 5.32 Å². The molecule has 3 unspecified atom stereocenters. The number of nitrogens with one attached hydrogen (secondary N) is 1. The molecule has 6 heteroatoms. The molecule has 0 radical (unpaired) electrons. The van der Waals surface area contributed by atoms with Crippen LogP contribution in [0.3, 0.4) is 0 Å². The molecule has 1 fully saturated rings. The van der Waals surface area contributed by atoms with Gasteiger partial charge in [-0.15, -0.1) is 0 Å². The molecule has 2 N–H and O–H groups in total. The molecule has 1 saturated carbocycles. The first kappa shape index (κ1) is 16.1. The van der Waals surface area contributed by atoms with Gasteiger partial charge in [-0.2, -0.15) is 0 Å². The minimum atomic E-state index is -0.928. The number of rotatable bonds is 4. The van der Waals surface area contributed by atoms with Gasteiger partial charge >= 0.3 is 5.97 Å². The minimum absolute atomic E-state index is 0.244. The second kappa shape index (κ2) is 5.50. The molecule has 1 aromatic carbocycles. The fourth-order valence-electron chi connectivity index (χ4n) is 2.76. The molecular formula is C15H17Cl2NO3. The third kappa shape index (κ3) is 3.01. The number of carbonyl (C=O) groups is 2. The van der Waals surface area contributed by atoms with Crippen LogP contribution in [0.4, 0.5) is 0 Å². The molecular weight excluding hydrogens is 313 g/mol. The number of carboxylic acid groups (broad SMARTS) is 1. The number of aliphatic carboxylic acids is 1. The Balaban J connectivity index is 2.06. The van der Waals surface area contributed by atoms with E-state index >= 15 is 0 Å². The van der Waals surface area contributed by atoms with E-state index in [-0.39, 0.29) is 11.9 Å². The van der Waals surface area contributed by atoms with Crippen LogP contribution in [0.5, 0.6) is 0 Å². The average molecular weight is 330 g/mol. The Hall–Kier alpha value is -1.26. The van der Waals surface area contributed by atoms with Crippen LogP contribution in [0.25, 0.3) is 0 Å². The van der Waals surface area contributed by atoms with E-state index < -0.39 is 23.2 Å². The molecule has 2 rings (SSSR count). The van der Waals surface area contributed by atoms with Crippen LogP contribution < -0.4 is 5.32 Å². The second-order valence-electron chi connectivity index (χ2n) is 6.02. The summed E-state index contributed by atoms with van der Waals surface area (Å²) in [5.74, 6) is -2.30. The largest absolute Gasteiger partial charge is 0.481 e. The van der Waals surface area contributed by atoms with Crippen molar-refractivity contribution in [2.75, 3.05) is 0 Å². The van der Waals surface area contributed by atoms with Crippen molar-refractivity contribution in [1.29, 1.82) is 0 Å². The van der Waals surface area contributed by atoms with E-state index in [0.29, 0.717) is 10.0 Å². The fraction of sp³-hybridized carbons (Fsp3) is 0.467. The van der Waals surface area contributed by atoms with Gasteiger partial charge in [-0.05, 0) is 30.0 Å². The lowest BCUT2D eigenvalue weighted by molar-refractivity contribution is -0.140. The second-order valence-corrected chi connectivity index (χ2v) is 6.83. The van der Waals surface area contributed by atoms with Gasteiger partial charge in [0.15, 0.2) is 0 Å². The maximum absolute atomic E-state index is 12.2. The highest BCUT2D eigenvalue weighted by atomic mass is 35.5. The van der Waals surface area contributed by atoms with Gasteiger partial charge in [0.25, 0.3) is 0 Å². The molecule has 1 aliphatic carbocycles. The predicted octanol–water partition coefficient (Wildman–Crippen LogP) is 3.53. The Morgan fingerprint density at radius 2 is 1.86 bits per heavy atom. The normalized spacial score (nSPS) is 24.2. The minimum Gasteiger partial charge on any atom is -0.481 e. The SMILES string of the molecule is CC(NC(=O)C1C(C(=O)O)C1(C)C)c1ccc(Cl)c(Cl)c1. The highest BCUT2D eigenvalue weighted by molar-refractivity contribution is 6.42. The number of benzene rings is 1. The molecule has 0 spiro atoms. The molecule has 1 aromatic rings. The van der Waals surface area contributed by atoms with Crippen molar-refractivity contribution >= 4 is 35.1 Å². The maximum atomic E-state index is 12.2. The molecule has 0 heterocycles. The monoisotopic (exact) mass is 329 g/mol. The van der Waals surface area contributed by atoms with E-state index in [1.165, 1.54) is 0 Å². The Morgan fingerprint density at radius 1 is 1.24 bits per heavy atom. The van der Waals surface area contributed by atoms with Crippen LogP contribution in [0.2, 0.25) is 10.0 Å². The summed E-state index contributed by atoms with van der Waals surface area (Å²) in [5, 5.41) is 12.8. The van der Waals surface area contributed by atoms with Crippen molar-refractivity contribution < 1.29 is 14.7 Å². The molecule has 0 saturated heterocycles. The van der Waals surface area contributed by atoms with E-state index in [1.807, 2.05) is 6.92 Å². The summed E-state index contributed by atoms with van der Waals surface area (Å²) in [5.41, 5.74) is 0.316. The number of halogens is 2. The van der Waals surface area contributed by atoms with E-state index in [2.05, 4.69) is 5.32 Å². The van der Waals surface area contributed by atoms with Crippen LogP contribution >= 0.6 is 23.2 Å². The molecule has 0 aromatic heterocycles. The molecule has 4 nitrogen and oxygen atoms in total. The zero-order valence-electron chi connectivity index (χ0n) is 12.0. The number of carboxylic acids is 1. The summed E-state index contributed by atoms with van der Waals surface area (Å²) in [6.45, 7) is 5.41. The van der Waals surface area contributed by atoms with Gasteiger partial charge in [0.05, 0.1) is 27.9 Å². The van der Waals surface area contributed by atoms with Gasteiger partial charge in [0.2, 0.25) is 5.91 Å². The summed E-state index contributed by atoms with van der Waals surface area (Å²) in [6, 6.07) is 4.88. The third-order valence-electron chi connectivity index (χ3n) is 4.18. The van der Waals surface area contributed by atoms with Crippen LogP contribution in [0.15, 0.2) is 18.2 Å². The molecule has 114 valence electrons. The molecule has 0 aliphatic heterocycles. The summed E-state index contributed by atoms with van der Waals surface area (Å²) in [4.78, 5) is 23.4. The zero-order chi connectivity index (χ0) is 15.9. The average Bonchev–Trinajstić information content (AvgIpc) is 2.96. The summed E-state index contributed by atoms with van der Waals surface area (Å²) >= 11 is 11.8. The van der Waals surface area contributed by atoms with E-state index in [9.17, 15) is 9.59 Å². The smallest absolute Gasteiger partial charge is 0.307 e. The van der Waals surface area contributed by atoms with Crippen molar-refractivity contribution in [3.8, 4) is 0 Å². The number of hydrogen-bond donors (Lipinski definition) is 2. The van der Waals surface area contributed by atoms with Crippen LogP contribution in [-0.2, 0) is 9.59 Å². The highest BCUT2D eigenvalue weighted by Crippen LogP contribution is 2.58. The van der Waals surface area contributed by atoms with Gasteiger partial charge in [-0.3, -0.25) is 9.59 Å². The quantitative estimate of drug-likeness (QED) is 0.887. The zero-order valence-corrected chi connectivity index (χ0v) is 13.5. The lowest BCUT2D eigenvalue weighted by Crippen LogP contribution is -2.30. The Kier molecular flexibility index (Phi) is 4.22. The third-order valence-corrected chi connectivity index (χ3v) is 4.92. The standard InChI is InChI=1S/C15H17Cl2NO3/c1-7(8-4-5-9(16)10(17)6-8)18-13(19)11-12(14(20)21)15(11,2)3/h4-7,11-12H,1-3H3,(H,18,19)(H,20,21). The number of carbonyl (C=O) groups excluding carboxylic acids is 1. The Morgan fingerprint density at radius 3 is 2.33 bits per heavy atom.